The van der Waals surface area contributed by atoms with Crippen LogP contribution in [0.1, 0.15) is 6.92 Å². The van der Waals surface area contributed by atoms with Crippen LogP contribution in [0.15, 0.2) is 48.5 Å². The van der Waals surface area contributed by atoms with E-state index in [1.54, 1.807) is 0 Å². The molecule has 0 saturated heterocycles. The van der Waals surface area contributed by atoms with Crippen LogP contribution in [-0.4, -0.2) is 11.5 Å². The fourth-order valence-corrected chi connectivity index (χ4v) is 1.78. The van der Waals surface area contributed by atoms with Crippen LogP contribution in [-0.2, 0) is 0 Å². The summed E-state index contributed by atoms with van der Waals surface area (Å²) in [5.41, 5.74) is 2.38. The maximum Gasteiger partial charge on any atom is 0.273 e. The van der Waals surface area contributed by atoms with Gasteiger partial charge in [-0.15, -0.1) is 0 Å². The summed E-state index contributed by atoms with van der Waals surface area (Å²) in [5, 5.41) is 17.2. The highest BCUT2D eigenvalue weighted by Crippen LogP contribution is 2.26. The minimum atomic E-state index is -0.392. The lowest BCUT2D eigenvalue weighted by Gasteiger charge is -2.09. The van der Waals surface area contributed by atoms with Crippen LogP contribution in [0.2, 0.25) is 0 Å². The molecule has 0 spiro atoms. The Morgan fingerprint density at radius 2 is 1.74 bits per heavy atom. The largest absolute Gasteiger partial charge is 0.385 e. The Morgan fingerprint density at radius 3 is 2.37 bits per heavy atom. The Bertz CT molecular complexity index is 570. The van der Waals surface area contributed by atoms with Gasteiger partial charge in [-0.25, -0.2) is 0 Å². The van der Waals surface area contributed by atoms with Gasteiger partial charge in [-0.2, -0.15) is 0 Å². The lowest BCUT2D eigenvalue weighted by atomic mass is 10.2. The maximum atomic E-state index is 10.9. The van der Waals surface area contributed by atoms with Crippen molar-refractivity contribution < 1.29 is 4.92 Å². The molecule has 5 heteroatoms. The number of non-ortho nitro benzene ring substituents is 1. The van der Waals surface area contributed by atoms with Gasteiger partial charge < -0.3 is 10.6 Å². The first-order valence-electron chi connectivity index (χ1n) is 6.04. The van der Waals surface area contributed by atoms with Crippen molar-refractivity contribution in [1.29, 1.82) is 0 Å². The van der Waals surface area contributed by atoms with E-state index in [0.717, 1.165) is 11.4 Å². The summed E-state index contributed by atoms with van der Waals surface area (Å²) < 4.78 is 0. The van der Waals surface area contributed by atoms with Gasteiger partial charge in [0.25, 0.3) is 5.69 Å². The number of rotatable bonds is 5. The number of nitro benzene ring substituents is 1. The summed E-state index contributed by atoms with van der Waals surface area (Å²) >= 11 is 0. The minimum absolute atomic E-state index is 0.0666. The second-order valence-corrected chi connectivity index (χ2v) is 4.05. The van der Waals surface area contributed by atoms with Crippen molar-refractivity contribution in [2.24, 2.45) is 0 Å². The number of anilines is 3. The highest BCUT2D eigenvalue weighted by atomic mass is 16.6. The molecule has 2 rings (SSSR count). The topological polar surface area (TPSA) is 67.2 Å². The number of nitrogens with zero attached hydrogens (tertiary/aromatic N) is 1. The molecule has 0 atom stereocenters. The first kappa shape index (κ1) is 12.9. The molecular weight excluding hydrogens is 242 g/mol. The normalized spacial score (nSPS) is 9.95. The molecule has 98 valence electrons. The SMILES string of the molecule is CCNc1cc(Nc2ccccc2)cc([N+](=O)[O-])c1. The van der Waals surface area contributed by atoms with E-state index in [4.69, 9.17) is 0 Å². The Hall–Kier alpha value is -2.56. The summed E-state index contributed by atoms with van der Waals surface area (Å²) in [6.45, 7) is 2.66. The average molecular weight is 257 g/mol. The van der Waals surface area contributed by atoms with Gasteiger partial charge in [0.05, 0.1) is 4.92 Å². The molecule has 2 aromatic rings. The van der Waals surface area contributed by atoms with E-state index in [0.29, 0.717) is 12.2 Å². The zero-order valence-electron chi connectivity index (χ0n) is 10.6. The van der Waals surface area contributed by atoms with Crippen molar-refractivity contribution >= 4 is 22.7 Å². The van der Waals surface area contributed by atoms with Crippen LogP contribution in [0, 0.1) is 10.1 Å². The molecule has 0 fully saturated rings. The molecule has 0 unspecified atom stereocenters. The number of nitrogens with one attached hydrogen (secondary N) is 2. The Morgan fingerprint density at radius 1 is 1.05 bits per heavy atom. The van der Waals surface area contributed by atoms with Crippen molar-refractivity contribution in [3.63, 3.8) is 0 Å². The van der Waals surface area contributed by atoms with Crippen LogP contribution < -0.4 is 10.6 Å². The van der Waals surface area contributed by atoms with Gasteiger partial charge in [0, 0.05) is 35.7 Å². The summed E-state index contributed by atoms with van der Waals surface area (Å²) in [6.07, 6.45) is 0. The third kappa shape index (κ3) is 3.45. The molecule has 0 saturated carbocycles. The number of benzene rings is 2. The first-order chi connectivity index (χ1) is 9.19. The van der Waals surface area contributed by atoms with E-state index in [2.05, 4.69) is 10.6 Å². The second kappa shape index (κ2) is 5.86. The Balaban J connectivity index is 2.31. The number of hydrogen-bond donors (Lipinski definition) is 2. The van der Waals surface area contributed by atoms with Gasteiger partial charge in [-0.05, 0) is 25.1 Å². The molecule has 2 aromatic carbocycles. The van der Waals surface area contributed by atoms with Gasteiger partial charge in [-0.1, -0.05) is 18.2 Å². The van der Waals surface area contributed by atoms with E-state index in [9.17, 15) is 10.1 Å². The second-order valence-electron chi connectivity index (χ2n) is 4.05. The van der Waals surface area contributed by atoms with Crippen molar-refractivity contribution in [3.8, 4) is 0 Å². The zero-order chi connectivity index (χ0) is 13.7. The molecule has 0 aromatic heterocycles. The van der Waals surface area contributed by atoms with Gasteiger partial charge >= 0.3 is 0 Å². The molecule has 19 heavy (non-hydrogen) atoms. The predicted octanol–water partition coefficient (Wildman–Crippen LogP) is 3.77. The van der Waals surface area contributed by atoms with Crippen LogP contribution in [0.3, 0.4) is 0 Å². The average Bonchev–Trinajstić information content (AvgIpc) is 2.40. The number of nitro groups is 1. The van der Waals surface area contributed by atoms with E-state index < -0.39 is 4.92 Å². The molecule has 0 aliphatic heterocycles. The van der Waals surface area contributed by atoms with E-state index >= 15 is 0 Å². The van der Waals surface area contributed by atoms with Crippen molar-refractivity contribution in [3.05, 3.63) is 58.6 Å². The molecular formula is C14H15N3O2. The summed E-state index contributed by atoms with van der Waals surface area (Å²) in [4.78, 5) is 10.5. The summed E-state index contributed by atoms with van der Waals surface area (Å²) in [6, 6.07) is 14.5. The number of para-hydroxylation sites is 1. The van der Waals surface area contributed by atoms with Gasteiger partial charge in [0.15, 0.2) is 0 Å². The van der Waals surface area contributed by atoms with Gasteiger partial charge in [-0.3, -0.25) is 10.1 Å². The zero-order valence-corrected chi connectivity index (χ0v) is 10.6. The molecule has 0 aliphatic carbocycles. The van der Waals surface area contributed by atoms with E-state index in [1.165, 1.54) is 12.1 Å². The molecule has 0 radical (unpaired) electrons. The third-order valence-corrected chi connectivity index (χ3v) is 2.57. The minimum Gasteiger partial charge on any atom is -0.385 e. The summed E-state index contributed by atoms with van der Waals surface area (Å²) in [5.74, 6) is 0. The molecule has 5 nitrogen and oxygen atoms in total. The van der Waals surface area contributed by atoms with Crippen LogP contribution >= 0.6 is 0 Å². The fraction of sp³-hybridized carbons (Fsp3) is 0.143. The molecule has 0 bridgehead atoms. The summed E-state index contributed by atoms with van der Waals surface area (Å²) in [7, 11) is 0. The highest BCUT2D eigenvalue weighted by Gasteiger charge is 2.09. The predicted molar refractivity (Wildman–Crippen MR) is 77.0 cm³/mol. The van der Waals surface area contributed by atoms with Crippen LogP contribution in [0.25, 0.3) is 0 Å². The molecule has 2 N–H and O–H groups in total. The van der Waals surface area contributed by atoms with Crippen molar-refractivity contribution in [1.82, 2.24) is 0 Å². The van der Waals surface area contributed by atoms with Crippen molar-refractivity contribution in [2.45, 2.75) is 6.92 Å². The first-order valence-corrected chi connectivity index (χ1v) is 6.04. The molecule has 0 amide bonds. The Kier molecular flexibility index (Phi) is 3.97. The van der Waals surface area contributed by atoms with Crippen LogP contribution in [0.4, 0.5) is 22.7 Å². The molecule has 0 aliphatic rings. The Labute approximate surface area is 111 Å². The highest BCUT2D eigenvalue weighted by molar-refractivity contribution is 5.68. The van der Waals surface area contributed by atoms with E-state index in [1.807, 2.05) is 43.3 Å². The lowest BCUT2D eigenvalue weighted by molar-refractivity contribution is -0.384. The van der Waals surface area contributed by atoms with Gasteiger partial charge in [0.2, 0.25) is 0 Å². The fourth-order valence-electron chi connectivity index (χ4n) is 1.78. The number of hydrogen-bond acceptors (Lipinski definition) is 4. The quantitative estimate of drug-likeness (QED) is 0.632. The molecule has 0 heterocycles. The standard InChI is InChI=1S/C14H15N3O2/c1-2-15-12-8-13(10-14(9-12)17(18)19)16-11-6-4-3-5-7-11/h3-10,15-16H,2H2,1H3. The maximum absolute atomic E-state index is 10.9. The van der Waals surface area contributed by atoms with E-state index in [-0.39, 0.29) is 5.69 Å². The monoisotopic (exact) mass is 257 g/mol. The lowest BCUT2D eigenvalue weighted by Crippen LogP contribution is -2.00. The smallest absolute Gasteiger partial charge is 0.273 e. The third-order valence-electron chi connectivity index (χ3n) is 2.57. The van der Waals surface area contributed by atoms with Gasteiger partial charge in [0.1, 0.15) is 0 Å². The van der Waals surface area contributed by atoms with Crippen LogP contribution in [0.5, 0.6) is 0 Å². The van der Waals surface area contributed by atoms with Crippen molar-refractivity contribution in [2.75, 3.05) is 17.2 Å².